The Bertz CT molecular complexity index is 474. The first-order valence-electron chi connectivity index (χ1n) is 11.4. The monoisotopic (exact) mass is 392 g/mol. The van der Waals surface area contributed by atoms with E-state index in [1.165, 1.54) is 0 Å². The summed E-state index contributed by atoms with van der Waals surface area (Å²) >= 11 is 0. The molecule has 0 atom stereocenters. The van der Waals surface area contributed by atoms with Gasteiger partial charge in [0.05, 0.1) is 11.9 Å². The molecule has 0 amide bonds. The summed E-state index contributed by atoms with van der Waals surface area (Å²) < 4.78 is 0. The molecule has 0 aliphatic heterocycles. The van der Waals surface area contributed by atoms with Crippen molar-refractivity contribution in [3.63, 3.8) is 0 Å². The Hall–Kier alpha value is -1.83. The molecule has 166 valence electrons. The van der Waals surface area contributed by atoms with Crippen LogP contribution in [-0.4, -0.2) is 9.97 Å². The number of hydrogen-bond acceptors (Lipinski definition) is 1. The van der Waals surface area contributed by atoms with Crippen LogP contribution in [0.5, 0.6) is 0 Å². The van der Waals surface area contributed by atoms with E-state index in [4.69, 9.17) is 0 Å². The zero-order valence-corrected chi connectivity index (χ0v) is 21.5. The summed E-state index contributed by atoms with van der Waals surface area (Å²) in [5, 5.41) is 0. The quantitative estimate of drug-likeness (QED) is 0.479. The van der Waals surface area contributed by atoms with E-state index in [1.807, 2.05) is 114 Å². The predicted molar refractivity (Wildman–Crippen MR) is 137 cm³/mol. The highest BCUT2D eigenvalue weighted by molar-refractivity contribution is 5.74. The second-order valence-corrected chi connectivity index (χ2v) is 4.04. The molecule has 1 heterocycles. The van der Waals surface area contributed by atoms with E-state index in [-0.39, 0.29) is 0 Å². The Morgan fingerprint density at radius 3 is 1.79 bits per heavy atom. The molecule has 1 N–H and O–H groups in total. The summed E-state index contributed by atoms with van der Waals surface area (Å²) in [4.78, 5) is 7.76. The highest BCUT2D eigenvalue weighted by Gasteiger charge is 2.05. The number of aromatic amines is 1. The summed E-state index contributed by atoms with van der Waals surface area (Å²) in [6.45, 7) is 30.0. The first-order chi connectivity index (χ1) is 13.8. The minimum absolute atomic E-state index is 0.898. The minimum atomic E-state index is 0.898. The fourth-order valence-corrected chi connectivity index (χ4v) is 1.71. The van der Waals surface area contributed by atoms with Crippen LogP contribution in [0.4, 0.5) is 0 Å². The molecule has 0 radical (unpaired) electrons. The Kier molecular flexibility index (Phi) is 47.8. The molecule has 1 aromatic rings. The lowest BCUT2D eigenvalue weighted by Gasteiger charge is -1.99. The van der Waals surface area contributed by atoms with E-state index in [9.17, 15) is 0 Å². The largest absolute Gasteiger partial charge is 0.338 e. The van der Waals surface area contributed by atoms with Crippen molar-refractivity contribution in [2.75, 3.05) is 0 Å². The molecule has 1 aromatic heterocycles. The fourth-order valence-electron chi connectivity index (χ4n) is 1.71. The number of rotatable bonds is 6. The van der Waals surface area contributed by atoms with Crippen molar-refractivity contribution >= 4 is 11.1 Å². The number of unbranched alkanes of at least 4 members (excludes halogenated alkanes) is 1. The lowest BCUT2D eigenvalue weighted by atomic mass is 10.1. The van der Waals surface area contributed by atoms with Gasteiger partial charge < -0.3 is 4.98 Å². The normalized spacial score (nSPS) is 9.61. The molecule has 2 nitrogen and oxygen atoms in total. The van der Waals surface area contributed by atoms with Crippen molar-refractivity contribution in [3.8, 4) is 0 Å². The van der Waals surface area contributed by atoms with Crippen LogP contribution in [0.1, 0.15) is 114 Å². The van der Waals surface area contributed by atoms with Crippen molar-refractivity contribution in [1.82, 2.24) is 9.97 Å². The van der Waals surface area contributed by atoms with Gasteiger partial charge in [0.2, 0.25) is 0 Å². The molecule has 0 aromatic carbocycles. The van der Waals surface area contributed by atoms with E-state index in [2.05, 4.69) is 29.5 Å². The summed E-state index contributed by atoms with van der Waals surface area (Å²) in [6.07, 6.45) is 14.2. The number of nitrogens with zero attached hydrogens (tertiary/aromatic N) is 1. The van der Waals surface area contributed by atoms with Crippen molar-refractivity contribution in [2.45, 2.75) is 103 Å². The Morgan fingerprint density at radius 2 is 1.43 bits per heavy atom. The molecule has 0 saturated heterocycles. The lowest BCUT2D eigenvalue weighted by Crippen LogP contribution is -1.85. The van der Waals surface area contributed by atoms with Crippen LogP contribution in [0.25, 0.3) is 11.1 Å². The molecule has 0 aliphatic carbocycles. The number of hydrogen-bond donors (Lipinski definition) is 1. The lowest BCUT2D eigenvalue weighted by molar-refractivity contribution is 0.960. The predicted octanol–water partition coefficient (Wildman–Crippen LogP) is 9.89. The third-order valence-corrected chi connectivity index (χ3v) is 2.69. The van der Waals surface area contributed by atoms with E-state index in [0.29, 0.717) is 0 Å². The number of imidazole rings is 1. The van der Waals surface area contributed by atoms with E-state index in [1.54, 1.807) is 0 Å². The van der Waals surface area contributed by atoms with Gasteiger partial charge in [-0.05, 0) is 25.8 Å². The van der Waals surface area contributed by atoms with Gasteiger partial charge in [0, 0.05) is 5.57 Å². The van der Waals surface area contributed by atoms with Crippen molar-refractivity contribution in [3.05, 3.63) is 54.7 Å². The molecule has 28 heavy (non-hydrogen) atoms. The van der Waals surface area contributed by atoms with Crippen LogP contribution in [0.3, 0.4) is 0 Å². The molecule has 1 rings (SSSR count). The highest BCUT2D eigenvalue weighted by atomic mass is 14.9. The van der Waals surface area contributed by atoms with Gasteiger partial charge in [-0.25, -0.2) is 4.98 Å². The van der Waals surface area contributed by atoms with Gasteiger partial charge in [-0.2, -0.15) is 0 Å². The van der Waals surface area contributed by atoms with Crippen LogP contribution < -0.4 is 0 Å². The molecule has 2 heteroatoms. The van der Waals surface area contributed by atoms with E-state index < -0.39 is 0 Å². The number of aromatic nitrogens is 2. The third-order valence-electron chi connectivity index (χ3n) is 2.69. The van der Waals surface area contributed by atoms with Gasteiger partial charge in [0.25, 0.3) is 0 Å². The molecule has 0 unspecified atom stereocenters. The maximum atomic E-state index is 4.42. The maximum Gasteiger partial charge on any atom is 0.137 e. The third kappa shape index (κ3) is 18.9. The molecule has 0 bridgehead atoms. The van der Waals surface area contributed by atoms with Gasteiger partial charge >= 0.3 is 0 Å². The number of H-pyrrole nitrogens is 1. The number of allylic oxidation sites excluding steroid dienone is 7. The first kappa shape index (κ1) is 37.0. The average Bonchev–Trinajstić information content (AvgIpc) is 3.29. The highest BCUT2D eigenvalue weighted by Crippen LogP contribution is 2.18. The topological polar surface area (TPSA) is 28.7 Å². The second-order valence-electron chi connectivity index (χ2n) is 4.04. The summed E-state index contributed by atoms with van der Waals surface area (Å²) in [5.74, 6) is 0.898. The molecule has 0 fully saturated rings. The first-order valence-corrected chi connectivity index (χ1v) is 11.4. The van der Waals surface area contributed by atoms with Crippen LogP contribution in [-0.2, 0) is 0 Å². The smallest absolute Gasteiger partial charge is 0.137 e. The second kappa shape index (κ2) is 36.1. The number of nitrogens with one attached hydrogen (secondary N) is 1. The zero-order valence-electron chi connectivity index (χ0n) is 21.5. The minimum Gasteiger partial charge on any atom is -0.338 e. The van der Waals surface area contributed by atoms with Gasteiger partial charge in [0.1, 0.15) is 5.82 Å². The van der Waals surface area contributed by atoms with Crippen molar-refractivity contribution in [1.29, 1.82) is 0 Å². The average molecular weight is 393 g/mol. The van der Waals surface area contributed by atoms with Crippen LogP contribution in [0.2, 0.25) is 0 Å². The zero-order chi connectivity index (χ0) is 23.4. The van der Waals surface area contributed by atoms with Crippen LogP contribution in [0.15, 0.2) is 43.2 Å². The standard InChI is InChI=1S/C16H22N2.5C2H6/c1-5-9-11-13(7-3)15-12-17-16(18-15)14(8-4)10-6-2;5*1-2/h6-8,10-12H,3,5,9H2,1-2,4H3,(H,17,18);5*1-2H3/b10-6-,13-11+,14-8+;;;;;. The SMILES string of the molecule is C=C/C(=C\CCC)c1cnc(C(/C=C\C)=C/C)[nH]1.CC.CC.CC.CC.CC. The maximum absolute atomic E-state index is 4.42. The molecule has 0 saturated carbocycles. The van der Waals surface area contributed by atoms with Gasteiger partial charge in [-0.15, -0.1) is 0 Å². The summed E-state index contributed by atoms with van der Waals surface area (Å²) in [5.41, 5.74) is 3.24. The summed E-state index contributed by atoms with van der Waals surface area (Å²) in [7, 11) is 0. The van der Waals surface area contributed by atoms with Gasteiger partial charge in [-0.3, -0.25) is 0 Å². The van der Waals surface area contributed by atoms with Crippen molar-refractivity contribution in [2.24, 2.45) is 0 Å². The molecule has 0 spiro atoms. The Labute approximate surface area is 179 Å². The molecular weight excluding hydrogens is 340 g/mol. The van der Waals surface area contributed by atoms with Gasteiger partial charge in [0.15, 0.2) is 0 Å². The van der Waals surface area contributed by atoms with Gasteiger partial charge in [-0.1, -0.05) is 120 Å². The molecule has 0 aliphatic rings. The van der Waals surface area contributed by atoms with E-state index in [0.717, 1.165) is 35.5 Å². The Morgan fingerprint density at radius 1 is 0.929 bits per heavy atom. The molecular formula is C26H52N2. The Balaban J connectivity index is -0.000000153. The summed E-state index contributed by atoms with van der Waals surface area (Å²) in [6, 6.07) is 0. The van der Waals surface area contributed by atoms with Crippen molar-refractivity contribution < 1.29 is 0 Å². The van der Waals surface area contributed by atoms with E-state index >= 15 is 0 Å². The fraction of sp³-hybridized carbons (Fsp3) is 0.577. The van der Waals surface area contributed by atoms with Crippen LogP contribution >= 0.6 is 0 Å². The van der Waals surface area contributed by atoms with Crippen LogP contribution in [0, 0.1) is 0 Å².